The molecule has 4 aromatic rings. The highest BCUT2D eigenvalue weighted by atomic mass is 35.5. The molecule has 0 bridgehead atoms. The summed E-state index contributed by atoms with van der Waals surface area (Å²) in [4.78, 5) is 12.3. The van der Waals surface area contributed by atoms with Crippen LogP contribution in [0.15, 0.2) is 65.2 Å². The fourth-order valence-electron chi connectivity index (χ4n) is 2.71. The Hall–Kier alpha value is -3.44. The van der Waals surface area contributed by atoms with Crippen LogP contribution in [-0.4, -0.2) is 43.3 Å². The molecule has 0 aliphatic heterocycles. The van der Waals surface area contributed by atoms with Gasteiger partial charge in [0.25, 0.3) is 11.0 Å². The van der Waals surface area contributed by atoms with E-state index in [1.807, 2.05) is 0 Å². The highest BCUT2D eigenvalue weighted by molar-refractivity contribution is 7.90. The molecule has 3 aromatic heterocycles. The fraction of sp³-hybridized carbons (Fsp3) is 0.111. The zero-order valence-electron chi connectivity index (χ0n) is 15.4. The predicted molar refractivity (Wildman–Crippen MR) is 107 cm³/mol. The van der Waals surface area contributed by atoms with Crippen LogP contribution in [0.3, 0.4) is 0 Å². The minimum atomic E-state index is -3.96. The van der Waals surface area contributed by atoms with E-state index < -0.39 is 15.6 Å². The Labute approximate surface area is 176 Å². The predicted octanol–water partition coefficient (Wildman–Crippen LogP) is 2.60. The van der Waals surface area contributed by atoms with Gasteiger partial charge < -0.3 is 4.52 Å². The molecular weight excluding hydrogens is 430 g/mol. The number of aromatic nitrogens is 7. The third-order valence-corrected chi connectivity index (χ3v) is 5.82. The van der Waals surface area contributed by atoms with Gasteiger partial charge >= 0.3 is 0 Å². The fourth-order valence-corrected chi connectivity index (χ4v) is 4.17. The van der Waals surface area contributed by atoms with Crippen LogP contribution in [0.2, 0.25) is 5.02 Å². The molecule has 152 valence electrons. The van der Waals surface area contributed by atoms with Crippen molar-refractivity contribution in [1.29, 1.82) is 0 Å². The SMILES string of the molecule is C=CCn1c(-c2cnccn2)nnc1S(=O)(=O)Cc1noc(-c2ccccc2Cl)n1. The maximum atomic E-state index is 13.0. The maximum Gasteiger partial charge on any atom is 0.259 e. The van der Waals surface area contributed by atoms with Gasteiger partial charge in [-0.2, -0.15) is 4.98 Å². The molecule has 0 radical (unpaired) electrons. The number of sulfone groups is 1. The van der Waals surface area contributed by atoms with Gasteiger partial charge in [0.2, 0.25) is 9.84 Å². The van der Waals surface area contributed by atoms with Crippen molar-refractivity contribution in [2.24, 2.45) is 0 Å². The monoisotopic (exact) mass is 443 g/mol. The molecule has 0 spiro atoms. The zero-order chi connectivity index (χ0) is 21.1. The average Bonchev–Trinajstić information content (AvgIpc) is 3.36. The van der Waals surface area contributed by atoms with Crippen molar-refractivity contribution in [2.45, 2.75) is 17.5 Å². The van der Waals surface area contributed by atoms with Crippen LogP contribution < -0.4 is 0 Å². The van der Waals surface area contributed by atoms with E-state index in [1.165, 1.54) is 29.2 Å². The summed E-state index contributed by atoms with van der Waals surface area (Å²) >= 11 is 6.13. The number of rotatable bonds is 7. The Bertz CT molecular complexity index is 1300. The topological polar surface area (TPSA) is 130 Å². The van der Waals surface area contributed by atoms with Gasteiger partial charge in [-0.3, -0.25) is 9.55 Å². The molecular formula is C18H14ClN7O3S. The normalized spacial score (nSPS) is 11.5. The van der Waals surface area contributed by atoms with Gasteiger partial charge in [-0.15, -0.1) is 16.8 Å². The van der Waals surface area contributed by atoms with Crippen molar-refractivity contribution < 1.29 is 12.9 Å². The second kappa shape index (κ2) is 8.13. The molecule has 0 amide bonds. The van der Waals surface area contributed by atoms with Crippen molar-refractivity contribution in [3.8, 4) is 23.0 Å². The van der Waals surface area contributed by atoms with Gasteiger partial charge in [0.05, 0.1) is 16.8 Å². The van der Waals surface area contributed by atoms with Crippen LogP contribution in [-0.2, 0) is 22.1 Å². The minimum Gasteiger partial charge on any atom is -0.334 e. The first-order valence-corrected chi connectivity index (χ1v) is 10.6. The molecule has 0 unspecified atom stereocenters. The largest absolute Gasteiger partial charge is 0.334 e. The number of nitrogens with zero attached hydrogens (tertiary/aromatic N) is 7. The van der Waals surface area contributed by atoms with E-state index in [-0.39, 0.29) is 29.2 Å². The van der Waals surface area contributed by atoms with Crippen LogP contribution in [0.5, 0.6) is 0 Å². The number of allylic oxidation sites excluding steroid dienone is 1. The molecule has 0 saturated heterocycles. The Kier molecular flexibility index (Phi) is 5.38. The van der Waals surface area contributed by atoms with Gasteiger partial charge in [-0.1, -0.05) is 35.0 Å². The summed E-state index contributed by atoms with van der Waals surface area (Å²) in [6, 6.07) is 6.88. The van der Waals surface area contributed by atoms with Crippen molar-refractivity contribution in [1.82, 2.24) is 34.9 Å². The van der Waals surface area contributed by atoms with Gasteiger partial charge in [0, 0.05) is 18.9 Å². The molecule has 1 aromatic carbocycles. The molecule has 0 atom stereocenters. The molecule has 4 rings (SSSR count). The minimum absolute atomic E-state index is 0.0286. The molecule has 3 heterocycles. The summed E-state index contributed by atoms with van der Waals surface area (Å²) < 4.78 is 32.6. The average molecular weight is 444 g/mol. The third-order valence-electron chi connectivity index (χ3n) is 3.99. The van der Waals surface area contributed by atoms with E-state index in [0.717, 1.165) is 0 Å². The lowest BCUT2D eigenvalue weighted by Crippen LogP contribution is -2.14. The highest BCUT2D eigenvalue weighted by Crippen LogP contribution is 2.27. The summed E-state index contributed by atoms with van der Waals surface area (Å²) in [6.45, 7) is 3.82. The van der Waals surface area contributed by atoms with Gasteiger partial charge in [0.1, 0.15) is 11.4 Å². The first-order valence-electron chi connectivity index (χ1n) is 8.60. The summed E-state index contributed by atoms with van der Waals surface area (Å²) in [6.07, 6.45) is 5.98. The van der Waals surface area contributed by atoms with Crippen molar-refractivity contribution in [3.05, 3.63) is 66.4 Å². The summed E-state index contributed by atoms with van der Waals surface area (Å²) in [5.41, 5.74) is 0.893. The van der Waals surface area contributed by atoms with Crippen LogP contribution in [0.25, 0.3) is 23.0 Å². The van der Waals surface area contributed by atoms with E-state index in [2.05, 4.69) is 36.9 Å². The number of halogens is 1. The van der Waals surface area contributed by atoms with Crippen molar-refractivity contribution in [2.75, 3.05) is 0 Å². The van der Waals surface area contributed by atoms with Crippen LogP contribution in [0, 0.1) is 0 Å². The first kappa shape index (κ1) is 19.9. The second-order valence-corrected chi connectivity index (χ2v) is 8.34. The smallest absolute Gasteiger partial charge is 0.259 e. The first-order chi connectivity index (χ1) is 14.5. The zero-order valence-corrected chi connectivity index (χ0v) is 17.0. The van der Waals surface area contributed by atoms with E-state index in [9.17, 15) is 8.42 Å². The molecule has 0 fully saturated rings. The summed E-state index contributed by atoms with van der Waals surface area (Å²) in [5.74, 6) is -0.180. The van der Waals surface area contributed by atoms with Gasteiger partial charge in [-0.25, -0.2) is 13.4 Å². The quantitative estimate of drug-likeness (QED) is 0.395. The standard InChI is InChI=1S/C18H14ClN7O3S/c1-2-9-26-16(14-10-20-7-8-21-14)23-24-18(26)30(27,28)11-15-22-17(29-25-15)12-5-3-4-6-13(12)19/h2-8,10H,1,9,11H2. The lowest BCUT2D eigenvalue weighted by atomic mass is 10.2. The molecule has 10 nitrogen and oxygen atoms in total. The Balaban J connectivity index is 1.67. The van der Waals surface area contributed by atoms with Gasteiger partial charge in [0.15, 0.2) is 11.6 Å². The Morgan fingerprint density at radius 2 is 2.03 bits per heavy atom. The Morgan fingerprint density at radius 3 is 2.77 bits per heavy atom. The van der Waals surface area contributed by atoms with Crippen LogP contribution in [0.1, 0.15) is 5.82 Å². The number of benzene rings is 1. The lowest BCUT2D eigenvalue weighted by Gasteiger charge is -2.07. The van der Waals surface area contributed by atoms with Crippen molar-refractivity contribution >= 4 is 21.4 Å². The molecule has 0 aliphatic carbocycles. The molecule has 0 saturated carbocycles. The van der Waals surface area contributed by atoms with E-state index >= 15 is 0 Å². The lowest BCUT2D eigenvalue weighted by molar-refractivity contribution is 0.424. The summed E-state index contributed by atoms with van der Waals surface area (Å²) in [5, 5.41) is 11.8. The van der Waals surface area contributed by atoms with Crippen molar-refractivity contribution in [3.63, 3.8) is 0 Å². The second-order valence-electron chi connectivity index (χ2n) is 6.05. The number of hydrogen-bond donors (Lipinski definition) is 0. The molecule has 0 N–H and O–H groups in total. The molecule has 0 aliphatic rings. The summed E-state index contributed by atoms with van der Waals surface area (Å²) in [7, 11) is -3.96. The maximum absolute atomic E-state index is 13.0. The van der Waals surface area contributed by atoms with E-state index in [4.69, 9.17) is 16.1 Å². The molecule has 12 heteroatoms. The number of hydrogen-bond acceptors (Lipinski definition) is 9. The van der Waals surface area contributed by atoms with E-state index in [0.29, 0.717) is 16.3 Å². The molecule has 30 heavy (non-hydrogen) atoms. The Morgan fingerprint density at radius 1 is 1.20 bits per heavy atom. The van der Waals surface area contributed by atoms with Crippen LogP contribution in [0.4, 0.5) is 0 Å². The van der Waals surface area contributed by atoms with E-state index in [1.54, 1.807) is 24.3 Å². The van der Waals surface area contributed by atoms with Crippen LogP contribution >= 0.6 is 11.6 Å². The highest BCUT2D eigenvalue weighted by Gasteiger charge is 2.28. The van der Waals surface area contributed by atoms with Gasteiger partial charge in [-0.05, 0) is 12.1 Å². The third kappa shape index (κ3) is 3.84.